The van der Waals surface area contributed by atoms with Gasteiger partial charge in [-0.05, 0) is 51.8 Å². The van der Waals surface area contributed by atoms with Crippen LogP contribution in [0.5, 0.6) is 0 Å². The van der Waals surface area contributed by atoms with Crippen molar-refractivity contribution in [3.8, 4) is 0 Å². The van der Waals surface area contributed by atoms with Gasteiger partial charge in [-0.2, -0.15) is 0 Å². The van der Waals surface area contributed by atoms with Crippen LogP contribution in [-0.2, 0) is 4.79 Å². The molecule has 0 spiro atoms. The number of halogens is 1. The van der Waals surface area contributed by atoms with E-state index in [-0.39, 0.29) is 36.4 Å². The molecule has 2 rings (SSSR count). The van der Waals surface area contributed by atoms with Crippen LogP contribution in [0.25, 0.3) is 0 Å². The number of nitrogens with zero attached hydrogens (tertiary/aromatic N) is 2. The summed E-state index contributed by atoms with van der Waals surface area (Å²) in [6, 6.07) is 10.2. The molecule has 0 bridgehead atoms. The Morgan fingerprint density at radius 2 is 2.00 bits per heavy atom. The Balaban J connectivity index is 0.00000364. The van der Waals surface area contributed by atoms with Gasteiger partial charge in [0.25, 0.3) is 0 Å². The number of guanidine groups is 1. The highest BCUT2D eigenvalue weighted by atomic mass is 127. The first-order valence-electron chi connectivity index (χ1n) is 9.80. The van der Waals surface area contributed by atoms with Crippen LogP contribution < -0.4 is 16.0 Å². The summed E-state index contributed by atoms with van der Waals surface area (Å²) in [5.41, 5.74) is 0.793. The van der Waals surface area contributed by atoms with Crippen molar-refractivity contribution in [2.24, 2.45) is 4.99 Å². The zero-order valence-electron chi connectivity index (χ0n) is 16.5. The predicted octanol–water partition coefficient (Wildman–Crippen LogP) is 3.06. The number of hydrogen-bond acceptors (Lipinski definition) is 3. The van der Waals surface area contributed by atoms with E-state index in [9.17, 15) is 4.79 Å². The summed E-state index contributed by atoms with van der Waals surface area (Å²) in [6.45, 7) is 8.41. The number of carbonyl (C=O) groups excluding carboxylic acids is 1. The molecule has 0 saturated carbocycles. The van der Waals surface area contributed by atoms with Gasteiger partial charge in [0.2, 0.25) is 5.91 Å². The smallest absolute Gasteiger partial charge is 0.246 e. The van der Waals surface area contributed by atoms with E-state index in [1.807, 2.05) is 37.3 Å². The van der Waals surface area contributed by atoms with Gasteiger partial charge in [0.15, 0.2) is 5.96 Å². The number of likely N-dealkylation sites (tertiary alicyclic amines) is 1. The summed E-state index contributed by atoms with van der Waals surface area (Å²) in [4.78, 5) is 19.0. The molecule has 1 amide bonds. The van der Waals surface area contributed by atoms with Crippen molar-refractivity contribution in [3.63, 3.8) is 0 Å². The van der Waals surface area contributed by atoms with Crippen LogP contribution in [0.15, 0.2) is 35.3 Å². The van der Waals surface area contributed by atoms with Crippen LogP contribution in [0.4, 0.5) is 5.69 Å². The number of carbonyl (C=O) groups is 1. The van der Waals surface area contributed by atoms with E-state index < -0.39 is 0 Å². The minimum Gasteiger partial charge on any atom is -0.357 e. The van der Waals surface area contributed by atoms with Gasteiger partial charge in [-0.1, -0.05) is 24.6 Å². The third kappa shape index (κ3) is 9.41. The molecule has 1 aromatic rings. The van der Waals surface area contributed by atoms with E-state index in [1.54, 1.807) is 0 Å². The highest BCUT2D eigenvalue weighted by molar-refractivity contribution is 14.0. The minimum atomic E-state index is -0.115. The van der Waals surface area contributed by atoms with Crippen molar-refractivity contribution >= 4 is 41.5 Å². The molecule has 3 N–H and O–H groups in total. The van der Waals surface area contributed by atoms with Crippen LogP contribution >= 0.6 is 24.0 Å². The average Bonchev–Trinajstić information content (AvgIpc) is 2.65. The highest BCUT2D eigenvalue weighted by Crippen LogP contribution is 2.16. The van der Waals surface area contributed by atoms with Gasteiger partial charge in [0.1, 0.15) is 6.54 Å². The first kappa shape index (κ1) is 23.7. The van der Waals surface area contributed by atoms with Crippen LogP contribution in [0.3, 0.4) is 0 Å². The van der Waals surface area contributed by atoms with E-state index in [0.29, 0.717) is 12.0 Å². The van der Waals surface area contributed by atoms with Gasteiger partial charge in [0, 0.05) is 31.4 Å². The zero-order chi connectivity index (χ0) is 18.6. The van der Waals surface area contributed by atoms with Gasteiger partial charge in [0.05, 0.1) is 0 Å². The normalized spacial score (nSPS) is 17.7. The van der Waals surface area contributed by atoms with Gasteiger partial charge >= 0.3 is 0 Å². The van der Waals surface area contributed by atoms with Crippen molar-refractivity contribution in [2.75, 3.05) is 38.0 Å². The molecule has 1 aliphatic rings. The van der Waals surface area contributed by atoms with Crippen molar-refractivity contribution in [3.05, 3.63) is 30.3 Å². The molecule has 1 heterocycles. The first-order chi connectivity index (χ1) is 12.7. The molecule has 0 aliphatic carbocycles. The van der Waals surface area contributed by atoms with Gasteiger partial charge in [-0.3, -0.25) is 4.79 Å². The molecule has 0 aromatic heterocycles. The van der Waals surface area contributed by atoms with Crippen molar-refractivity contribution in [2.45, 2.75) is 45.6 Å². The fraction of sp³-hybridized carbons (Fsp3) is 0.600. The standard InChI is InChI=1S/C20H33N5O.HI/c1-3-21-20(22-13-9-15-25-14-8-7-10-17(25)2)23-16-19(26)24-18-11-5-4-6-12-18;/h4-6,11-12,17H,3,7-10,13-16H2,1-2H3,(H,24,26)(H2,21,22,23);1H. The van der Waals surface area contributed by atoms with Crippen molar-refractivity contribution < 1.29 is 4.79 Å². The Morgan fingerprint density at radius 3 is 2.70 bits per heavy atom. The second-order valence-corrected chi connectivity index (χ2v) is 6.77. The molecule has 152 valence electrons. The molecule has 1 saturated heterocycles. The lowest BCUT2D eigenvalue weighted by molar-refractivity contribution is -0.114. The van der Waals surface area contributed by atoms with Crippen molar-refractivity contribution in [1.29, 1.82) is 0 Å². The summed E-state index contributed by atoms with van der Waals surface area (Å²) >= 11 is 0. The molecule has 27 heavy (non-hydrogen) atoms. The summed E-state index contributed by atoms with van der Waals surface area (Å²) in [7, 11) is 0. The summed E-state index contributed by atoms with van der Waals surface area (Å²) in [6.07, 6.45) is 5.07. The number of piperidine rings is 1. The number of benzene rings is 1. The number of anilines is 1. The number of hydrogen-bond donors (Lipinski definition) is 3. The fourth-order valence-electron chi connectivity index (χ4n) is 3.19. The monoisotopic (exact) mass is 487 g/mol. The highest BCUT2D eigenvalue weighted by Gasteiger charge is 2.17. The molecule has 1 aromatic carbocycles. The Bertz CT molecular complexity index is 567. The lowest BCUT2D eigenvalue weighted by Gasteiger charge is -2.33. The number of para-hydroxylation sites is 1. The van der Waals surface area contributed by atoms with Crippen LogP contribution in [0.1, 0.15) is 39.5 Å². The van der Waals surface area contributed by atoms with Crippen LogP contribution in [0, 0.1) is 0 Å². The Morgan fingerprint density at radius 1 is 1.22 bits per heavy atom. The molecule has 0 radical (unpaired) electrons. The van der Waals surface area contributed by atoms with E-state index in [4.69, 9.17) is 0 Å². The number of aliphatic imine (C=N–C) groups is 1. The molecular weight excluding hydrogens is 453 g/mol. The van der Waals surface area contributed by atoms with Gasteiger partial charge < -0.3 is 20.9 Å². The third-order valence-electron chi connectivity index (χ3n) is 4.64. The summed E-state index contributed by atoms with van der Waals surface area (Å²) in [5.74, 6) is 0.581. The van der Waals surface area contributed by atoms with E-state index in [0.717, 1.165) is 31.7 Å². The van der Waals surface area contributed by atoms with Crippen LogP contribution in [0.2, 0.25) is 0 Å². The lowest BCUT2D eigenvalue weighted by Crippen LogP contribution is -2.41. The largest absolute Gasteiger partial charge is 0.357 e. The van der Waals surface area contributed by atoms with E-state index in [1.165, 1.54) is 25.8 Å². The predicted molar refractivity (Wildman–Crippen MR) is 124 cm³/mol. The number of amides is 1. The Labute approximate surface area is 180 Å². The second kappa shape index (κ2) is 13.8. The maximum absolute atomic E-state index is 12.0. The minimum absolute atomic E-state index is 0. The molecule has 1 fully saturated rings. The molecule has 7 heteroatoms. The van der Waals surface area contributed by atoms with E-state index in [2.05, 4.69) is 32.8 Å². The summed E-state index contributed by atoms with van der Waals surface area (Å²) < 4.78 is 0. The molecular formula is C20H34IN5O. The summed E-state index contributed by atoms with van der Waals surface area (Å²) in [5, 5.41) is 9.37. The molecule has 1 atom stereocenters. The first-order valence-corrected chi connectivity index (χ1v) is 9.80. The number of rotatable bonds is 8. The van der Waals surface area contributed by atoms with E-state index >= 15 is 0 Å². The average molecular weight is 487 g/mol. The third-order valence-corrected chi connectivity index (χ3v) is 4.64. The zero-order valence-corrected chi connectivity index (χ0v) is 18.9. The second-order valence-electron chi connectivity index (χ2n) is 6.77. The maximum atomic E-state index is 12.0. The maximum Gasteiger partial charge on any atom is 0.246 e. The molecule has 1 unspecified atom stereocenters. The van der Waals surface area contributed by atoms with Gasteiger partial charge in [-0.15, -0.1) is 24.0 Å². The number of nitrogens with one attached hydrogen (secondary N) is 3. The quantitative estimate of drug-likeness (QED) is 0.228. The van der Waals surface area contributed by atoms with Gasteiger partial charge in [-0.25, -0.2) is 4.99 Å². The molecule has 6 nitrogen and oxygen atoms in total. The van der Waals surface area contributed by atoms with Crippen LogP contribution in [-0.4, -0.2) is 55.5 Å². The fourth-order valence-corrected chi connectivity index (χ4v) is 3.19. The topological polar surface area (TPSA) is 68.8 Å². The Hall–Kier alpha value is -1.35. The van der Waals surface area contributed by atoms with Crippen molar-refractivity contribution in [1.82, 2.24) is 15.5 Å². The molecule has 1 aliphatic heterocycles. The SMILES string of the molecule is CCNC(=NCC(=O)Nc1ccccc1)NCCCN1CCCCC1C.I. The lowest BCUT2D eigenvalue weighted by atomic mass is 10.0. The Kier molecular flexibility index (Phi) is 12.1.